The van der Waals surface area contributed by atoms with Crippen molar-refractivity contribution >= 4 is 12.0 Å². The number of phenols is 1. The first kappa shape index (κ1) is 26.8. The van der Waals surface area contributed by atoms with Gasteiger partial charge in [-0.25, -0.2) is 4.79 Å². The third kappa shape index (κ3) is 4.54. The van der Waals surface area contributed by atoms with E-state index in [-0.39, 0.29) is 11.5 Å². The van der Waals surface area contributed by atoms with Crippen molar-refractivity contribution in [2.24, 2.45) is 11.8 Å². The Morgan fingerprint density at radius 2 is 1.92 bits per heavy atom. The smallest absolute Gasteiger partial charge is 0.331 e. The third-order valence-electron chi connectivity index (χ3n) is 7.47. The lowest BCUT2D eigenvalue weighted by atomic mass is 9.85. The van der Waals surface area contributed by atoms with E-state index < -0.39 is 85.8 Å². The molecule has 3 aliphatic heterocycles. The molecule has 3 fully saturated rings. The van der Waals surface area contributed by atoms with Gasteiger partial charge < -0.3 is 59.1 Å². The molecular weight excluding hydrogens is 508 g/mol. The quantitative estimate of drug-likeness (QED) is 0.126. The Labute approximate surface area is 217 Å². The summed E-state index contributed by atoms with van der Waals surface area (Å²) in [6.07, 6.45) is -4.38. The van der Waals surface area contributed by atoms with Crippen LogP contribution in [0.25, 0.3) is 6.08 Å². The van der Waals surface area contributed by atoms with Crippen LogP contribution in [-0.4, -0.2) is 112 Å². The van der Waals surface area contributed by atoms with Gasteiger partial charge in [0.05, 0.1) is 32.5 Å². The zero-order chi connectivity index (χ0) is 27.2. The third-order valence-corrected chi connectivity index (χ3v) is 7.47. The number of benzene rings is 1. The summed E-state index contributed by atoms with van der Waals surface area (Å²) in [6, 6.07) is 4.57. The Morgan fingerprint density at radius 1 is 1.13 bits per heavy atom. The van der Waals surface area contributed by atoms with Crippen molar-refractivity contribution in [3.63, 3.8) is 0 Å². The van der Waals surface area contributed by atoms with E-state index in [1.165, 1.54) is 31.6 Å². The molecular formula is C25H30O13. The molecule has 13 heteroatoms. The van der Waals surface area contributed by atoms with Gasteiger partial charge in [-0.2, -0.15) is 0 Å². The standard InChI is InChI=1S/C25H30O13/c1-33-14-8-11(2-4-13(14)28)3-5-16(29)36-21-12-6-7-34-23(17(12)25(10-27)22(21)38-25)37-24-20(32)19(31)18(30)15(9-26)35-24/h2-8,12,15,17-24,26-28,30-32H,9-10H2,1H3/b5-3+/t12-,15-,17?,18-,19+,20-,21+,22+,23+,24+,25-/m1/s1. The van der Waals surface area contributed by atoms with E-state index in [4.69, 9.17) is 28.4 Å². The highest BCUT2D eigenvalue weighted by molar-refractivity contribution is 5.87. The SMILES string of the molecule is COc1cc(/C=C/C(=O)O[C@H]2[C@@H]3C=CO[C@@H](O[C@@H]4O[C@H](CO)[C@@H](O)[C@H](O)[C@H]4O)C3[C@@]3(CO)O[C@@H]23)ccc1O. The normalized spacial score (nSPS) is 41.3. The van der Waals surface area contributed by atoms with Crippen LogP contribution in [0.4, 0.5) is 0 Å². The molecule has 1 aliphatic carbocycles. The Morgan fingerprint density at radius 3 is 2.63 bits per heavy atom. The number of phenolic OH excluding ortho intramolecular Hbond substituents is 1. The number of carbonyl (C=O) groups excluding carboxylic acids is 1. The molecule has 2 saturated heterocycles. The van der Waals surface area contributed by atoms with Crippen LogP contribution in [0, 0.1) is 11.8 Å². The maximum atomic E-state index is 12.7. The molecule has 4 aliphatic rings. The fraction of sp³-hybridized carbons (Fsp3) is 0.560. The lowest BCUT2D eigenvalue weighted by Crippen LogP contribution is -2.60. The molecule has 1 aromatic rings. The first-order chi connectivity index (χ1) is 18.2. The minimum absolute atomic E-state index is 0.0396. The number of aliphatic hydroxyl groups excluding tert-OH is 5. The van der Waals surface area contributed by atoms with Crippen LogP contribution in [0.5, 0.6) is 11.5 Å². The van der Waals surface area contributed by atoms with Gasteiger partial charge in [0.2, 0.25) is 6.29 Å². The van der Waals surface area contributed by atoms with Gasteiger partial charge in [0.15, 0.2) is 17.8 Å². The van der Waals surface area contributed by atoms with Crippen molar-refractivity contribution in [3.8, 4) is 11.5 Å². The average molecular weight is 539 g/mol. The zero-order valence-corrected chi connectivity index (χ0v) is 20.3. The molecule has 1 saturated carbocycles. The molecule has 0 bridgehead atoms. The molecule has 3 heterocycles. The maximum absolute atomic E-state index is 12.7. The van der Waals surface area contributed by atoms with Gasteiger partial charge in [0.1, 0.15) is 42.2 Å². The van der Waals surface area contributed by atoms with Crippen molar-refractivity contribution in [1.82, 2.24) is 0 Å². The molecule has 0 aromatic heterocycles. The minimum atomic E-state index is -1.65. The second-order valence-electron chi connectivity index (χ2n) is 9.59. The number of methoxy groups -OCH3 is 1. The van der Waals surface area contributed by atoms with Gasteiger partial charge in [-0.05, 0) is 29.8 Å². The largest absolute Gasteiger partial charge is 0.504 e. The number of fused-ring (bicyclic) bond motifs is 3. The lowest BCUT2D eigenvalue weighted by Gasteiger charge is -2.43. The molecule has 0 radical (unpaired) electrons. The number of esters is 1. The highest BCUT2D eigenvalue weighted by atomic mass is 16.8. The molecule has 38 heavy (non-hydrogen) atoms. The highest BCUT2D eigenvalue weighted by Gasteiger charge is 2.77. The lowest BCUT2D eigenvalue weighted by molar-refractivity contribution is -0.344. The first-order valence-electron chi connectivity index (χ1n) is 12.1. The number of epoxide rings is 1. The van der Waals surface area contributed by atoms with Crippen LogP contribution in [0.2, 0.25) is 0 Å². The van der Waals surface area contributed by atoms with Crippen LogP contribution in [0.3, 0.4) is 0 Å². The summed E-state index contributed by atoms with van der Waals surface area (Å²) in [5.41, 5.74) is -0.556. The van der Waals surface area contributed by atoms with Crippen molar-refractivity contribution in [3.05, 3.63) is 42.2 Å². The van der Waals surface area contributed by atoms with Crippen LogP contribution >= 0.6 is 0 Å². The van der Waals surface area contributed by atoms with Crippen molar-refractivity contribution in [1.29, 1.82) is 0 Å². The Bertz CT molecular complexity index is 1090. The molecule has 208 valence electrons. The molecule has 0 spiro atoms. The van der Waals surface area contributed by atoms with Gasteiger partial charge in [-0.3, -0.25) is 0 Å². The van der Waals surface area contributed by atoms with Gasteiger partial charge in [0, 0.05) is 12.0 Å². The van der Waals surface area contributed by atoms with Gasteiger partial charge in [-0.15, -0.1) is 0 Å². The summed E-state index contributed by atoms with van der Waals surface area (Å²) < 4.78 is 33.4. The number of hydrogen-bond acceptors (Lipinski definition) is 13. The molecule has 6 N–H and O–H groups in total. The maximum Gasteiger partial charge on any atom is 0.331 e. The molecule has 13 nitrogen and oxygen atoms in total. The average Bonchev–Trinajstić information content (AvgIpc) is 3.60. The number of carbonyl (C=O) groups is 1. The van der Waals surface area contributed by atoms with Gasteiger partial charge >= 0.3 is 5.97 Å². The summed E-state index contributed by atoms with van der Waals surface area (Å²) in [7, 11) is 1.41. The summed E-state index contributed by atoms with van der Waals surface area (Å²) >= 11 is 0. The molecule has 1 aromatic carbocycles. The van der Waals surface area contributed by atoms with Crippen molar-refractivity contribution in [2.45, 2.75) is 54.8 Å². The summed E-state index contributed by atoms with van der Waals surface area (Å²) in [5, 5.41) is 59.8. The zero-order valence-electron chi connectivity index (χ0n) is 20.3. The second-order valence-corrected chi connectivity index (χ2v) is 9.59. The highest BCUT2D eigenvalue weighted by Crippen LogP contribution is 2.60. The van der Waals surface area contributed by atoms with E-state index in [1.807, 2.05) is 0 Å². The van der Waals surface area contributed by atoms with Crippen LogP contribution in [0.15, 0.2) is 36.6 Å². The Balaban J connectivity index is 1.29. The summed E-state index contributed by atoms with van der Waals surface area (Å²) in [4.78, 5) is 12.7. The van der Waals surface area contributed by atoms with Gasteiger partial charge in [-0.1, -0.05) is 6.07 Å². The van der Waals surface area contributed by atoms with Crippen LogP contribution in [0.1, 0.15) is 5.56 Å². The number of aromatic hydroxyl groups is 1. The van der Waals surface area contributed by atoms with E-state index in [2.05, 4.69) is 0 Å². The molecule has 11 atom stereocenters. The van der Waals surface area contributed by atoms with E-state index in [0.717, 1.165) is 0 Å². The first-order valence-corrected chi connectivity index (χ1v) is 12.1. The topological polar surface area (TPSA) is 197 Å². The van der Waals surface area contributed by atoms with Gasteiger partial charge in [0.25, 0.3) is 0 Å². The fourth-order valence-corrected chi connectivity index (χ4v) is 5.42. The van der Waals surface area contributed by atoms with E-state index in [1.54, 1.807) is 18.2 Å². The minimum Gasteiger partial charge on any atom is -0.504 e. The van der Waals surface area contributed by atoms with E-state index >= 15 is 0 Å². The Hall–Kier alpha value is -2.75. The van der Waals surface area contributed by atoms with E-state index in [9.17, 15) is 35.4 Å². The summed E-state index contributed by atoms with van der Waals surface area (Å²) in [6.45, 7) is -1.06. The molecule has 5 rings (SSSR count). The summed E-state index contributed by atoms with van der Waals surface area (Å²) in [5.74, 6) is -1.64. The van der Waals surface area contributed by atoms with Crippen LogP contribution < -0.4 is 4.74 Å². The van der Waals surface area contributed by atoms with Crippen molar-refractivity contribution in [2.75, 3.05) is 20.3 Å². The molecule has 0 amide bonds. The predicted octanol–water partition coefficient (Wildman–Crippen LogP) is -1.61. The second kappa shape index (κ2) is 10.4. The number of ether oxygens (including phenoxy) is 6. The van der Waals surface area contributed by atoms with Crippen LogP contribution in [-0.2, 0) is 28.5 Å². The number of hydrogen-bond donors (Lipinski definition) is 6. The number of aliphatic hydroxyl groups is 5. The van der Waals surface area contributed by atoms with E-state index in [0.29, 0.717) is 5.56 Å². The van der Waals surface area contributed by atoms with Crippen molar-refractivity contribution < 1.29 is 63.9 Å². The monoisotopic (exact) mass is 538 g/mol. The predicted molar refractivity (Wildman–Crippen MR) is 124 cm³/mol. The molecule has 1 unspecified atom stereocenters. The Kier molecular flexibility index (Phi) is 7.37. The fourth-order valence-electron chi connectivity index (χ4n) is 5.42. The number of rotatable bonds is 8.